The highest BCUT2D eigenvalue weighted by Gasteiger charge is 2.15. The maximum atomic E-state index is 12.1. The van der Waals surface area contributed by atoms with Gasteiger partial charge in [-0.2, -0.15) is 0 Å². The average molecular weight is 300 g/mol. The summed E-state index contributed by atoms with van der Waals surface area (Å²) in [5, 5.41) is 1.12. The van der Waals surface area contributed by atoms with Crippen molar-refractivity contribution < 1.29 is 4.79 Å². The topological polar surface area (TPSA) is 20.3 Å². The molecular formula is C15H19Cl2NO. The SMILES string of the molecule is O=C(CCc1ccc(Cl)c(Cl)c1)N1CCCCCC1. The minimum atomic E-state index is 0.257. The molecule has 0 unspecified atom stereocenters. The van der Waals surface area contributed by atoms with E-state index in [0.29, 0.717) is 16.5 Å². The van der Waals surface area contributed by atoms with Crippen LogP contribution in [-0.4, -0.2) is 23.9 Å². The molecule has 1 amide bonds. The molecule has 0 atom stereocenters. The lowest BCUT2D eigenvalue weighted by Crippen LogP contribution is -2.31. The highest BCUT2D eigenvalue weighted by atomic mass is 35.5. The van der Waals surface area contributed by atoms with E-state index >= 15 is 0 Å². The minimum Gasteiger partial charge on any atom is -0.343 e. The van der Waals surface area contributed by atoms with Crippen LogP contribution in [-0.2, 0) is 11.2 Å². The van der Waals surface area contributed by atoms with Crippen molar-refractivity contribution in [2.45, 2.75) is 38.5 Å². The molecule has 1 saturated heterocycles. The van der Waals surface area contributed by atoms with Gasteiger partial charge in [-0.15, -0.1) is 0 Å². The molecule has 0 aliphatic carbocycles. The molecule has 1 aromatic carbocycles. The number of aryl methyl sites for hydroxylation is 1. The van der Waals surface area contributed by atoms with Crippen LogP contribution in [0.5, 0.6) is 0 Å². The number of hydrogen-bond acceptors (Lipinski definition) is 1. The van der Waals surface area contributed by atoms with E-state index in [0.717, 1.165) is 37.9 Å². The fourth-order valence-electron chi connectivity index (χ4n) is 2.42. The first kappa shape index (κ1) is 14.7. The number of likely N-dealkylation sites (tertiary alicyclic amines) is 1. The molecule has 0 spiro atoms. The van der Waals surface area contributed by atoms with E-state index < -0.39 is 0 Å². The molecule has 1 fully saturated rings. The third-order valence-corrected chi connectivity index (χ3v) is 4.31. The predicted molar refractivity (Wildman–Crippen MR) is 79.8 cm³/mol. The Balaban J connectivity index is 1.86. The van der Waals surface area contributed by atoms with Gasteiger partial charge in [0.15, 0.2) is 0 Å². The van der Waals surface area contributed by atoms with E-state index in [-0.39, 0.29) is 5.91 Å². The molecule has 0 bridgehead atoms. The van der Waals surface area contributed by atoms with E-state index in [9.17, 15) is 4.79 Å². The Morgan fingerprint density at radius 3 is 2.37 bits per heavy atom. The number of halogens is 2. The maximum absolute atomic E-state index is 12.1. The van der Waals surface area contributed by atoms with E-state index in [1.165, 1.54) is 12.8 Å². The smallest absolute Gasteiger partial charge is 0.222 e. The number of hydrogen-bond donors (Lipinski definition) is 0. The van der Waals surface area contributed by atoms with Crippen LogP contribution in [0.3, 0.4) is 0 Å². The van der Waals surface area contributed by atoms with Crippen molar-refractivity contribution in [3.05, 3.63) is 33.8 Å². The summed E-state index contributed by atoms with van der Waals surface area (Å²) in [4.78, 5) is 14.1. The largest absolute Gasteiger partial charge is 0.343 e. The van der Waals surface area contributed by atoms with Crippen LogP contribution in [0.15, 0.2) is 18.2 Å². The average Bonchev–Trinajstić information content (AvgIpc) is 2.69. The van der Waals surface area contributed by atoms with Gasteiger partial charge in [0.2, 0.25) is 5.91 Å². The summed E-state index contributed by atoms with van der Waals surface area (Å²) >= 11 is 11.8. The van der Waals surface area contributed by atoms with Crippen LogP contribution in [0.1, 0.15) is 37.7 Å². The predicted octanol–water partition coefficient (Wildman–Crippen LogP) is 4.33. The zero-order valence-electron chi connectivity index (χ0n) is 11.0. The van der Waals surface area contributed by atoms with Crippen LogP contribution >= 0.6 is 23.2 Å². The molecule has 0 saturated carbocycles. The van der Waals surface area contributed by atoms with E-state index in [4.69, 9.17) is 23.2 Å². The van der Waals surface area contributed by atoms with Gasteiger partial charge in [-0.1, -0.05) is 42.1 Å². The van der Waals surface area contributed by atoms with Crippen LogP contribution in [0.2, 0.25) is 10.0 Å². The van der Waals surface area contributed by atoms with Crippen molar-refractivity contribution >= 4 is 29.1 Å². The molecule has 0 aromatic heterocycles. The van der Waals surface area contributed by atoms with Gasteiger partial charge in [0, 0.05) is 19.5 Å². The molecule has 0 N–H and O–H groups in total. The fourth-order valence-corrected chi connectivity index (χ4v) is 2.75. The van der Waals surface area contributed by atoms with Gasteiger partial charge in [-0.3, -0.25) is 4.79 Å². The van der Waals surface area contributed by atoms with Crippen molar-refractivity contribution in [2.24, 2.45) is 0 Å². The Morgan fingerprint density at radius 1 is 1.05 bits per heavy atom. The first-order chi connectivity index (χ1) is 9.16. The normalized spacial score (nSPS) is 16.2. The minimum absolute atomic E-state index is 0.257. The number of carbonyl (C=O) groups is 1. The van der Waals surface area contributed by atoms with Crippen LogP contribution in [0, 0.1) is 0 Å². The molecule has 2 nitrogen and oxygen atoms in total. The number of rotatable bonds is 3. The molecular weight excluding hydrogens is 281 g/mol. The van der Waals surface area contributed by atoms with Gasteiger partial charge in [0.05, 0.1) is 10.0 Å². The van der Waals surface area contributed by atoms with Crippen LogP contribution in [0.4, 0.5) is 0 Å². The Labute approximate surface area is 124 Å². The summed E-state index contributed by atoms with van der Waals surface area (Å²) in [6.07, 6.45) is 6.05. The highest BCUT2D eigenvalue weighted by Crippen LogP contribution is 2.23. The number of amides is 1. The quantitative estimate of drug-likeness (QED) is 0.813. The van der Waals surface area contributed by atoms with Crippen molar-refractivity contribution in [1.82, 2.24) is 4.90 Å². The standard InChI is InChI=1S/C15H19Cl2NO/c16-13-7-5-12(11-14(13)17)6-8-15(19)18-9-3-1-2-4-10-18/h5,7,11H,1-4,6,8-10H2. The summed E-state index contributed by atoms with van der Waals surface area (Å²) in [7, 11) is 0. The lowest BCUT2D eigenvalue weighted by Gasteiger charge is -2.20. The first-order valence-electron chi connectivity index (χ1n) is 6.88. The van der Waals surface area contributed by atoms with E-state index in [1.807, 2.05) is 17.0 Å². The maximum Gasteiger partial charge on any atom is 0.222 e. The van der Waals surface area contributed by atoms with Gasteiger partial charge in [0.1, 0.15) is 0 Å². The molecule has 0 radical (unpaired) electrons. The summed E-state index contributed by atoms with van der Waals surface area (Å²) in [5.74, 6) is 0.257. The highest BCUT2D eigenvalue weighted by molar-refractivity contribution is 6.42. The molecule has 2 rings (SSSR count). The third-order valence-electron chi connectivity index (χ3n) is 3.57. The summed E-state index contributed by atoms with van der Waals surface area (Å²) < 4.78 is 0. The third kappa shape index (κ3) is 4.39. The molecule has 1 heterocycles. The number of benzene rings is 1. The monoisotopic (exact) mass is 299 g/mol. The second-order valence-electron chi connectivity index (χ2n) is 5.04. The Bertz CT molecular complexity index is 440. The summed E-state index contributed by atoms with van der Waals surface area (Å²) in [6, 6.07) is 5.57. The molecule has 104 valence electrons. The van der Waals surface area contributed by atoms with Gasteiger partial charge in [-0.05, 0) is 37.0 Å². The Hall–Kier alpha value is -0.730. The lowest BCUT2D eigenvalue weighted by atomic mass is 10.1. The van der Waals surface area contributed by atoms with E-state index in [2.05, 4.69) is 0 Å². The van der Waals surface area contributed by atoms with Gasteiger partial charge >= 0.3 is 0 Å². The van der Waals surface area contributed by atoms with Crippen LogP contribution in [0.25, 0.3) is 0 Å². The molecule has 1 aliphatic heterocycles. The van der Waals surface area contributed by atoms with Crippen molar-refractivity contribution in [3.63, 3.8) is 0 Å². The molecule has 19 heavy (non-hydrogen) atoms. The zero-order valence-corrected chi connectivity index (χ0v) is 12.5. The van der Waals surface area contributed by atoms with E-state index in [1.54, 1.807) is 6.07 Å². The van der Waals surface area contributed by atoms with Crippen molar-refractivity contribution in [3.8, 4) is 0 Å². The summed E-state index contributed by atoms with van der Waals surface area (Å²) in [5.41, 5.74) is 1.07. The first-order valence-corrected chi connectivity index (χ1v) is 7.64. The molecule has 1 aliphatic rings. The molecule has 1 aromatic rings. The van der Waals surface area contributed by atoms with Gasteiger partial charge in [0.25, 0.3) is 0 Å². The summed E-state index contributed by atoms with van der Waals surface area (Å²) in [6.45, 7) is 1.83. The Kier molecular flexibility index (Phi) is 5.53. The van der Waals surface area contributed by atoms with Gasteiger partial charge < -0.3 is 4.90 Å². The zero-order chi connectivity index (χ0) is 13.7. The second-order valence-corrected chi connectivity index (χ2v) is 5.86. The van der Waals surface area contributed by atoms with Crippen molar-refractivity contribution in [1.29, 1.82) is 0 Å². The second kappa shape index (κ2) is 7.16. The van der Waals surface area contributed by atoms with Crippen LogP contribution < -0.4 is 0 Å². The van der Waals surface area contributed by atoms with Crippen molar-refractivity contribution in [2.75, 3.05) is 13.1 Å². The fraction of sp³-hybridized carbons (Fsp3) is 0.533. The number of nitrogens with zero attached hydrogens (tertiary/aromatic N) is 1. The molecule has 4 heteroatoms. The van der Waals surface area contributed by atoms with Gasteiger partial charge in [-0.25, -0.2) is 0 Å². The lowest BCUT2D eigenvalue weighted by molar-refractivity contribution is -0.131. The Morgan fingerprint density at radius 2 is 1.74 bits per heavy atom. The number of carbonyl (C=O) groups excluding carboxylic acids is 1.